The monoisotopic (exact) mass is 290 g/mol. The van der Waals surface area contributed by atoms with Crippen LogP contribution in [-0.4, -0.2) is 12.7 Å². The van der Waals surface area contributed by atoms with Crippen molar-refractivity contribution in [2.24, 2.45) is 0 Å². The summed E-state index contributed by atoms with van der Waals surface area (Å²) in [7, 11) is 0. The zero-order valence-electron chi connectivity index (χ0n) is 12.8. The number of ether oxygens (including phenoxy) is 1. The van der Waals surface area contributed by atoms with E-state index in [4.69, 9.17) is 4.74 Å². The molecule has 1 atom stereocenters. The quantitative estimate of drug-likeness (QED) is 0.721. The molecule has 0 amide bonds. The highest BCUT2D eigenvalue weighted by Gasteiger charge is 2.14. The van der Waals surface area contributed by atoms with E-state index in [9.17, 15) is 0 Å². The molecule has 2 aromatic rings. The normalized spacial score (nSPS) is 18.4. The second-order valence-corrected chi connectivity index (χ2v) is 5.63. The maximum atomic E-state index is 5.99. The predicted molar refractivity (Wildman–Crippen MR) is 93.5 cm³/mol. The molecule has 112 valence electrons. The van der Waals surface area contributed by atoms with Crippen LogP contribution in [0.2, 0.25) is 0 Å². The van der Waals surface area contributed by atoms with Crippen LogP contribution in [0.1, 0.15) is 30.4 Å². The third kappa shape index (κ3) is 4.19. The van der Waals surface area contributed by atoms with E-state index >= 15 is 0 Å². The highest BCUT2D eigenvalue weighted by molar-refractivity contribution is 5.66. The van der Waals surface area contributed by atoms with E-state index in [1.54, 1.807) is 0 Å². The van der Waals surface area contributed by atoms with Gasteiger partial charge in [0.1, 0.15) is 0 Å². The molecule has 0 aromatic heterocycles. The molecular weight excluding hydrogens is 268 g/mol. The first-order valence-electron chi connectivity index (χ1n) is 8.01. The van der Waals surface area contributed by atoms with Crippen molar-refractivity contribution in [3.8, 4) is 0 Å². The fourth-order valence-electron chi connectivity index (χ4n) is 2.84. The number of hydrogen-bond donors (Lipinski definition) is 0. The molecule has 1 heteroatoms. The Kier molecular flexibility index (Phi) is 5.22. The first-order valence-corrected chi connectivity index (χ1v) is 8.01. The van der Waals surface area contributed by atoms with Gasteiger partial charge >= 0.3 is 0 Å². The predicted octanol–water partition coefficient (Wildman–Crippen LogP) is 5.35. The van der Waals surface area contributed by atoms with Gasteiger partial charge in [0.25, 0.3) is 0 Å². The van der Waals surface area contributed by atoms with Crippen molar-refractivity contribution in [3.63, 3.8) is 0 Å². The van der Waals surface area contributed by atoms with Crippen LogP contribution in [0, 0.1) is 0 Å². The van der Waals surface area contributed by atoms with Crippen LogP contribution < -0.4 is 0 Å². The average Bonchev–Trinajstić information content (AvgIpc) is 2.61. The van der Waals surface area contributed by atoms with E-state index in [0.717, 1.165) is 12.8 Å². The Balaban J connectivity index is 1.55. The molecule has 1 aliphatic carbocycles. The second-order valence-electron chi connectivity index (χ2n) is 5.63. The van der Waals surface area contributed by atoms with Gasteiger partial charge in [-0.25, -0.2) is 0 Å². The van der Waals surface area contributed by atoms with Crippen LogP contribution in [-0.2, 0) is 4.74 Å². The smallest absolute Gasteiger partial charge is 0.0766 e. The van der Waals surface area contributed by atoms with Gasteiger partial charge in [-0.1, -0.05) is 78.9 Å². The van der Waals surface area contributed by atoms with Crippen molar-refractivity contribution in [2.75, 3.05) is 6.61 Å². The van der Waals surface area contributed by atoms with Gasteiger partial charge in [-0.2, -0.15) is 0 Å². The van der Waals surface area contributed by atoms with Crippen molar-refractivity contribution in [1.82, 2.24) is 0 Å². The van der Waals surface area contributed by atoms with E-state index in [1.165, 1.54) is 23.1 Å². The van der Waals surface area contributed by atoms with Crippen molar-refractivity contribution in [1.29, 1.82) is 0 Å². The topological polar surface area (TPSA) is 9.23 Å². The van der Waals surface area contributed by atoms with Gasteiger partial charge in [-0.15, -0.1) is 0 Å². The van der Waals surface area contributed by atoms with Crippen LogP contribution >= 0.6 is 0 Å². The van der Waals surface area contributed by atoms with E-state index in [-0.39, 0.29) is 6.10 Å². The summed E-state index contributed by atoms with van der Waals surface area (Å²) in [5.41, 5.74) is 3.97. The van der Waals surface area contributed by atoms with E-state index in [0.29, 0.717) is 6.61 Å². The summed E-state index contributed by atoms with van der Waals surface area (Å²) in [5.74, 6) is 0. The summed E-state index contributed by atoms with van der Waals surface area (Å²) in [5, 5.41) is 0. The van der Waals surface area contributed by atoms with Crippen LogP contribution in [0.25, 0.3) is 11.6 Å². The molecule has 1 aliphatic rings. The zero-order valence-corrected chi connectivity index (χ0v) is 12.8. The lowest BCUT2D eigenvalue weighted by atomic mass is 9.92. The van der Waals surface area contributed by atoms with Crippen molar-refractivity contribution in [2.45, 2.75) is 25.4 Å². The van der Waals surface area contributed by atoms with E-state index in [2.05, 4.69) is 72.8 Å². The fourth-order valence-corrected chi connectivity index (χ4v) is 2.84. The summed E-state index contributed by atoms with van der Waals surface area (Å²) in [4.78, 5) is 0. The zero-order chi connectivity index (χ0) is 15.0. The van der Waals surface area contributed by atoms with Gasteiger partial charge in [0, 0.05) is 0 Å². The molecule has 0 bridgehead atoms. The Morgan fingerprint density at radius 1 is 0.955 bits per heavy atom. The van der Waals surface area contributed by atoms with Crippen LogP contribution in [0.15, 0.2) is 72.8 Å². The lowest BCUT2D eigenvalue weighted by molar-refractivity contribution is 0.0993. The summed E-state index contributed by atoms with van der Waals surface area (Å²) >= 11 is 0. The second kappa shape index (κ2) is 7.77. The number of allylic oxidation sites excluding steroid dienone is 1. The van der Waals surface area contributed by atoms with Crippen molar-refractivity contribution < 1.29 is 4.74 Å². The van der Waals surface area contributed by atoms with Gasteiger partial charge in [0.05, 0.1) is 12.7 Å². The minimum atomic E-state index is 0.240. The Hall–Kier alpha value is -2.12. The maximum absolute atomic E-state index is 5.99. The lowest BCUT2D eigenvalue weighted by Crippen LogP contribution is -2.14. The maximum Gasteiger partial charge on any atom is 0.0766 e. The molecule has 22 heavy (non-hydrogen) atoms. The summed E-state index contributed by atoms with van der Waals surface area (Å²) in [6.07, 6.45) is 10.2. The molecule has 0 saturated carbocycles. The molecule has 2 aromatic carbocycles. The molecule has 0 unspecified atom stereocenters. The van der Waals surface area contributed by atoms with Crippen LogP contribution in [0.5, 0.6) is 0 Å². The summed E-state index contributed by atoms with van der Waals surface area (Å²) in [6, 6.07) is 21.0. The largest absolute Gasteiger partial charge is 0.370 e. The van der Waals surface area contributed by atoms with E-state index in [1.807, 2.05) is 6.07 Å². The summed E-state index contributed by atoms with van der Waals surface area (Å²) in [6.45, 7) is 0.665. The molecule has 0 aliphatic heterocycles. The molecule has 0 saturated heterocycles. The Bertz CT molecular complexity index is 625. The standard InChI is InChI=1S/C21H22O/c1-3-9-18(10-4-1)11-8-16-22-21-15-7-14-20(17-21)19-12-5-2-6-13-19/h1-6,8-13,17,21H,7,14-16H2/b11-8+/t21-/m0/s1. The molecule has 0 heterocycles. The molecular formula is C21H22O. The Morgan fingerprint density at radius 3 is 2.45 bits per heavy atom. The number of rotatable bonds is 5. The van der Waals surface area contributed by atoms with Gasteiger partial charge < -0.3 is 4.74 Å². The van der Waals surface area contributed by atoms with Crippen molar-refractivity contribution in [3.05, 3.63) is 83.9 Å². The molecule has 0 spiro atoms. The van der Waals surface area contributed by atoms with Gasteiger partial charge in [0.15, 0.2) is 0 Å². The summed E-state index contributed by atoms with van der Waals surface area (Å²) < 4.78 is 5.99. The molecule has 1 nitrogen and oxygen atoms in total. The van der Waals surface area contributed by atoms with E-state index < -0.39 is 0 Å². The minimum absolute atomic E-state index is 0.240. The first kappa shape index (κ1) is 14.8. The Labute approximate surface area is 133 Å². The number of benzene rings is 2. The highest BCUT2D eigenvalue weighted by atomic mass is 16.5. The first-order chi connectivity index (χ1) is 10.9. The number of hydrogen-bond acceptors (Lipinski definition) is 1. The molecule has 0 N–H and O–H groups in total. The highest BCUT2D eigenvalue weighted by Crippen LogP contribution is 2.27. The van der Waals surface area contributed by atoms with Gasteiger partial charge in [-0.05, 0) is 36.0 Å². The fraction of sp³-hybridized carbons (Fsp3) is 0.238. The van der Waals surface area contributed by atoms with Crippen LogP contribution in [0.3, 0.4) is 0 Å². The lowest BCUT2D eigenvalue weighted by Gasteiger charge is -2.21. The molecule has 0 radical (unpaired) electrons. The minimum Gasteiger partial charge on any atom is -0.370 e. The van der Waals surface area contributed by atoms with Gasteiger partial charge in [-0.3, -0.25) is 0 Å². The average molecular weight is 290 g/mol. The molecule has 3 rings (SSSR count). The molecule has 0 fully saturated rings. The van der Waals surface area contributed by atoms with Crippen LogP contribution in [0.4, 0.5) is 0 Å². The SMILES string of the molecule is C1=C(c2ccccc2)CCC[C@@H]1OC/C=C/c1ccccc1. The third-order valence-corrected chi connectivity index (χ3v) is 3.98. The Morgan fingerprint density at radius 2 is 1.68 bits per heavy atom. The third-order valence-electron chi connectivity index (χ3n) is 3.98. The van der Waals surface area contributed by atoms with Gasteiger partial charge in [0.2, 0.25) is 0 Å². The van der Waals surface area contributed by atoms with Crippen molar-refractivity contribution >= 4 is 11.6 Å².